The maximum atomic E-state index is 13.9. The quantitative estimate of drug-likeness (QED) is 0.924. The predicted octanol–water partition coefficient (Wildman–Crippen LogP) is 3.30. The number of nitrogens with one attached hydrogen (secondary N) is 1. The third-order valence-electron chi connectivity index (χ3n) is 4.40. The van der Waals surface area contributed by atoms with Crippen molar-refractivity contribution < 1.29 is 9.18 Å². The number of hydrogen-bond acceptors (Lipinski definition) is 2. The van der Waals surface area contributed by atoms with Crippen molar-refractivity contribution in [2.75, 3.05) is 6.54 Å². The molecule has 0 spiro atoms. The van der Waals surface area contributed by atoms with Crippen LogP contribution < -0.4 is 5.32 Å². The highest BCUT2D eigenvalue weighted by Crippen LogP contribution is 2.37. The van der Waals surface area contributed by atoms with Gasteiger partial charge in [-0.05, 0) is 24.5 Å². The number of rotatable bonds is 4. The number of hydrogen-bond donors (Lipinski definition) is 1. The third kappa shape index (κ3) is 3.07. The van der Waals surface area contributed by atoms with Crippen LogP contribution in [0, 0.1) is 22.6 Å². The van der Waals surface area contributed by atoms with E-state index < -0.39 is 10.8 Å². The first-order valence-electron chi connectivity index (χ1n) is 7.36. The molecule has 112 valence electrons. The number of carbonyl (C=O) groups excluding carboxylic acids is 1. The molecular formula is C17H21FN2O. The van der Waals surface area contributed by atoms with Crippen LogP contribution in [0.15, 0.2) is 24.3 Å². The first-order chi connectivity index (χ1) is 9.91. The molecule has 1 fully saturated rings. The lowest BCUT2D eigenvalue weighted by Crippen LogP contribution is -2.44. The van der Waals surface area contributed by atoms with Gasteiger partial charge in [-0.1, -0.05) is 44.9 Å². The number of nitrogens with zero attached hydrogens (tertiary/aromatic N) is 1. The Morgan fingerprint density at radius 3 is 2.57 bits per heavy atom. The van der Waals surface area contributed by atoms with Crippen molar-refractivity contribution in [2.24, 2.45) is 5.41 Å². The van der Waals surface area contributed by atoms with Gasteiger partial charge in [-0.3, -0.25) is 4.79 Å². The smallest absolute Gasteiger partial charge is 0.240 e. The fourth-order valence-electron chi connectivity index (χ4n) is 2.94. The zero-order chi connectivity index (χ0) is 15.5. The molecule has 1 aliphatic rings. The highest BCUT2D eigenvalue weighted by atomic mass is 19.1. The van der Waals surface area contributed by atoms with Crippen LogP contribution in [-0.4, -0.2) is 12.5 Å². The van der Waals surface area contributed by atoms with Crippen LogP contribution in [0.25, 0.3) is 0 Å². The van der Waals surface area contributed by atoms with E-state index in [1.165, 1.54) is 6.07 Å². The second-order valence-corrected chi connectivity index (χ2v) is 6.45. The van der Waals surface area contributed by atoms with Gasteiger partial charge < -0.3 is 5.32 Å². The van der Waals surface area contributed by atoms with E-state index >= 15 is 0 Å². The summed E-state index contributed by atoms with van der Waals surface area (Å²) in [5, 5.41) is 12.2. The summed E-state index contributed by atoms with van der Waals surface area (Å²) in [6.07, 6.45) is 3.07. The molecule has 1 N–H and O–H groups in total. The normalized spacial score (nSPS) is 17.2. The third-order valence-corrected chi connectivity index (χ3v) is 4.40. The van der Waals surface area contributed by atoms with Crippen molar-refractivity contribution in [3.8, 4) is 6.07 Å². The summed E-state index contributed by atoms with van der Waals surface area (Å²) in [7, 11) is 0. The van der Waals surface area contributed by atoms with Gasteiger partial charge >= 0.3 is 0 Å². The number of benzene rings is 1. The minimum atomic E-state index is -0.884. The Hall–Kier alpha value is -1.89. The maximum Gasteiger partial charge on any atom is 0.240 e. The van der Waals surface area contributed by atoms with Crippen LogP contribution in [0.2, 0.25) is 0 Å². The number of nitriles is 1. The lowest BCUT2D eigenvalue weighted by molar-refractivity contribution is -0.128. The lowest BCUT2D eigenvalue weighted by Gasteiger charge is -2.28. The van der Waals surface area contributed by atoms with Gasteiger partial charge in [0, 0.05) is 12.0 Å². The van der Waals surface area contributed by atoms with Crippen molar-refractivity contribution in [3.05, 3.63) is 35.6 Å². The summed E-state index contributed by atoms with van der Waals surface area (Å²) in [5.74, 6) is -0.487. The highest BCUT2D eigenvalue weighted by molar-refractivity contribution is 5.85. The molecular weight excluding hydrogens is 267 g/mol. The van der Waals surface area contributed by atoms with E-state index in [0.29, 0.717) is 24.9 Å². The average Bonchev–Trinajstić information content (AvgIpc) is 2.95. The first kappa shape index (κ1) is 15.5. The fourth-order valence-corrected chi connectivity index (χ4v) is 2.94. The van der Waals surface area contributed by atoms with Crippen molar-refractivity contribution in [1.82, 2.24) is 5.32 Å². The molecule has 0 bridgehead atoms. The van der Waals surface area contributed by atoms with E-state index in [2.05, 4.69) is 11.4 Å². The molecule has 2 rings (SSSR count). The van der Waals surface area contributed by atoms with Crippen LogP contribution in [0.1, 0.15) is 45.1 Å². The maximum absolute atomic E-state index is 13.9. The molecule has 0 atom stereocenters. The van der Waals surface area contributed by atoms with E-state index in [1.807, 2.05) is 13.8 Å². The standard InChI is InChI=1S/C17H21FN2O/c1-16(2,13-7-3-4-8-14(13)18)12-20-15(21)17(11-19)9-5-6-10-17/h3-4,7-8H,5-6,9-10,12H2,1-2H3,(H,20,21). The van der Waals surface area contributed by atoms with E-state index in [4.69, 9.17) is 0 Å². The molecule has 1 saturated carbocycles. The van der Waals surface area contributed by atoms with E-state index in [9.17, 15) is 14.4 Å². The average molecular weight is 288 g/mol. The summed E-state index contributed by atoms with van der Waals surface area (Å²) in [6.45, 7) is 4.09. The van der Waals surface area contributed by atoms with Gasteiger partial charge in [0.05, 0.1) is 6.07 Å². The number of halogens is 1. The van der Waals surface area contributed by atoms with Gasteiger partial charge in [0.25, 0.3) is 0 Å². The number of carbonyl (C=O) groups is 1. The fraction of sp³-hybridized carbons (Fsp3) is 0.529. The van der Waals surface area contributed by atoms with Crippen LogP contribution in [0.5, 0.6) is 0 Å². The van der Waals surface area contributed by atoms with Gasteiger partial charge in [0.15, 0.2) is 0 Å². The number of amides is 1. The molecule has 1 aromatic rings. The van der Waals surface area contributed by atoms with Crippen molar-refractivity contribution >= 4 is 5.91 Å². The van der Waals surface area contributed by atoms with Crippen LogP contribution in [0.4, 0.5) is 4.39 Å². The SMILES string of the molecule is CC(C)(CNC(=O)C1(C#N)CCCC1)c1ccccc1F. The molecule has 3 nitrogen and oxygen atoms in total. The highest BCUT2D eigenvalue weighted by Gasteiger charge is 2.42. The van der Waals surface area contributed by atoms with Gasteiger partial charge in [0.1, 0.15) is 11.2 Å². The molecule has 0 radical (unpaired) electrons. The molecule has 0 aromatic heterocycles. The summed E-state index contributed by atoms with van der Waals surface area (Å²) in [6, 6.07) is 8.77. The second-order valence-electron chi connectivity index (χ2n) is 6.45. The Labute approximate surface area is 125 Å². The van der Waals surface area contributed by atoms with Crippen LogP contribution in [-0.2, 0) is 10.2 Å². The minimum Gasteiger partial charge on any atom is -0.354 e. The Morgan fingerprint density at radius 2 is 2.00 bits per heavy atom. The first-order valence-corrected chi connectivity index (χ1v) is 7.36. The molecule has 0 heterocycles. The summed E-state index contributed by atoms with van der Waals surface area (Å²) >= 11 is 0. The molecule has 0 unspecified atom stereocenters. The monoisotopic (exact) mass is 288 g/mol. The van der Waals surface area contributed by atoms with Crippen molar-refractivity contribution in [3.63, 3.8) is 0 Å². The predicted molar refractivity (Wildman–Crippen MR) is 78.9 cm³/mol. The molecule has 0 aliphatic heterocycles. The second kappa shape index (κ2) is 5.85. The van der Waals surface area contributed by atoms with E-state index in [-0.39, 0.29) is 11.7 Å². The molecule has 4 heteroatoms. The van der Waals surface area contributed by atoms with Gasteiger partial charge in [-0.25, -0.2) is 4.39 Å². The van der Waals surface area contributed by atoms with Crippen LogP contribution >= 0.6 is 0 Å². The van der Waals surface area contributed by atoms with Gasteiger partial charge in [-0.2, -0.15) is 5.26 Å². The molecule has 21 heavy (non-hydrogen) atoms. The largest absolute Gasteiger partial charge is 0.354 e. The Morgan fingerprint density at radius 1 is 1.38 bits per heavy atom. The molecule has 1 amide bonds. The Balaban J connectivity index is 2.07. The molecule has 1 aromatic carbocycles. The van der Waals surface area contributed by atoms with Crippen molar-refractivity contribution in [2.45, 2.75) is 44.9 Å². The van der Waals surface area contributed by atoms with Gasteiger partial charge in [-0.15, -0.1) is 0 Å². The summed E-state index contributed by atoms with van der Waals surface area (Å²) in [5.41, 5.74) is -0.829. The topological polar surface area (TPSA) is 52.9 Å². The van der Waals surface area contributed by atoms with E-state index in [0.717, 1.165) is 12.8 Å². The van der Waals surface area contributed by atoms with E-state index in [1.54, 1.807) is 18.2 Å². The zero-order valence-electron chi connectivity index (χ0n) is 12.6. The Bertz CT molecular complexity index is 568. The van der Waals surface area contributed by atoms with Gasteiger partial charge in [0.2, 0.25) is 5.91 Å². The summed E-state index contributed by atoms with van der Waals surface area (Å²) < 4.78 is 13.9. The van der Waals surface area contributed by atoms with Crippen LogP contribution in [0.3, 0.4) is 0 Å². The zero-order valence-corrected chi connectivity index (χ0v) is 12.6. The van der Waals surface area contributed by atoms with Crippen molar-refractivity contribution in [1.29, 1.82) is 5.26 Å². The molecule has 0 saturated heterocycles. The summed E-state index contributed by atoms with van der Waals surface area (Å²) in [4.78, 5) is 12.3. The lowest BCUT2D eigenvalue weighted by atomic mass is 9.82. The minimum absolute atomic E-state index is 0.216. The molecule has 1 aliphatic carbocycles. The Kier molecular flexibility index (Phi) is 4.32.